The number of ether oxygens (including phenoxy) is 1. The second kappa shape index (κ2) is 5.34. The van der Waals surface area contributed by atoms with Gasteiger partial charge in [-0.15, -0.1) is 0 Å². The van der Waals surface area contributed by atoms with E-state index < -0.39 is 6.10 Å². The maximum Gasteiger partial charge on any atom is 0.119 e. The number of hydrogen-bond donors (Lipinski definition) is 2. The van der Waals surface area contributed by atoms with Gasteiger partial charge in [-0.25, -0.2) is 0 Å². The second-order valence-electron chi connectivity index (χ2n) is 2.98. The summed E-state index contributed by atoms with van der Waals surface area (Å²) >= 11 is 3.37. The van der Waals surface area contributed by atoms with Crippen molar-refractivity contribution in [3.63, 3.8) is 0 Å². The van der Waals surface area contributed by atoms with Gasteiger partial charge in [0.25, 0.3) is 0 Å². The number of halogens is 1. The SMILES string of the molecule is COc1ccc(Br)c([C@H](O)CCN)c1. The summed E-state index contributed by atoms with van der Waals surface area (Å²) in [7, 11) is 1.60. The van der Waals surface area contributed by atoms with Crippen LogP contribution >= 0.6 is 15.9 Å². The lowest BCUT2D eigenvalue weighted by molar-refractivity contribution is 0.169. The molecule has 0 amide bonds. The first-order valence-corrected chi connectivity index (χ1v) is 5.20. The van der Waals surface area contributed by atoms with Crippen LogP contribution in [-0.4, -0.2) is 18.8 Å². The fourth-order valence-electron chi connectivity index (χ4n) is 1.22. The molecule has 1 rings (SSSR count). The highest BCUT2D eigenvalue weighted by Gasteiger charge is 2.11. The van der Waals surface area contributed by atoms with Gasteiger partial charge in [0, 0.05) is 4.47 Å². The molecule has 78 valence electrons. The molecular formula is C10H14BrNO2. The van der Waals surface area contributed by atoms with Crippen LogP contribution in [0.2, 0.25) is 0 Å². The average Bonchev–Trinajstić information content (AvgIpc) is 2.19. The van der Waals surface area contributed by atoms with E-state index in [-0.39, 0.29) is 0 Å². The highest BCUT2D eigenvalue weighted by atomic mass is 79.9. The summed E-state index contributed by atoms with van der Waals surface area (Å²) in [5.41, 5.74) is 6.20. The Morgan fingerprint density at radius 2 is 2.29 bits per heavy atom. The lowest BCUT2D eigenvalue weighted by Crippen LogP contribution is -2.07. The van der Waals surface area contributed by atoms with E-state index in [9.17, 15) is 5.11 Å². The van der Waals surface area contributed by atoms with E-state index in [1.807, 2.05) is 18.2 Å². The molecule has 0 spiro atoms. The van der Waals surface area contributed by atoms with Crippen molar-refractivity contribution in [1.82, 2.24) is 0 Å². The first-order chi connectivity index (χ1) is 6.69. The van der Waals surface area contributed by atoms with Crippen molar-refractivity contribution in [2.24, 2.45) is 5.73 Å². The van der Waals surface area contributed by atoms with Crippen LogP contribution in [0.3, 0.4) is 0 Å². The Kier molecular flexibility index (Phi) is 4.38. The van der Waals surface area contributed by atoms with Crippen LogP contribution in [-0.2, 0) is 0 Å². The predicted molar refractivity (Wildman–Crippen MR) is 59.3 cm³/mol. The van der Waals surface area contributed by atoms with E-state index in [0.717, 1.165) is 15.8 Å². The van der Waals surface area contributed by atoms with E-state index in [1.165, 1.54) is 0 Å². The molecule has 0 heterocycles. The molecule has 1 atom stereocenters. The highest BCUT2D eigenvalue weighted by Crippen LogP contribution is 2.28. The molecule has 0 bridgehead atoms. The van der Waals surface area contributed by atoms with Crippen LogP contribution in [0.1, 0.15) is 18.1 Å². The van der Waals surface area contributed by atoms with Crippen LogP contribution in [0, 0.1) is 0 Å². The first kappa shape index (κ1) is 11.5. The third-order valence-corrected chi connectivity index (χ3v) is 2.72. The summed E-state index contributed by atoms with van der Waals surface area (Å²) in [5.74, 6) is 0.735. The fourth-order valence-corrected chi connectivity index (χ4v) is 1.73. The van der Waals surface area contributed by atoms with Gasteiger partial charge in [0.15, 0.2) is 0 Å². The zero-order valence-electron chi connectivity index (χ0n) is 8.03. The van der Waals surface area contributed by atoms with Crippen LogP contribution in [0.25, 0.3) is 0 Å². The summed E-state index contributed by atoms with van der Waals surface area (Å²) in [6.07, 6.45) is 0.00987. The molecule has 3 nitrogen and oxygen atoms in total. The number of nitrogens with two attached hydrogens (primary N) is 1. The number of benzene rings is 1. The molecule has 0 fully saturated rings. The minimum atomic E-state index is -0.538. The molecule has 0 radical (unpaired) electrons. The fraction of sp³-hybridized carbons (Fsp3) is 0.400. The Morgan fingerprint density at radius 1 is 1.57 bits per heavy atom. The number of aliphatic hydroxyl groups is 1. The molecule has 4 heteroatoms. The molecule has 0 aromatic heterocycles. The van der Waals surface area contributed by atoms with Crippen LogP contribution < -0.4 is 10.5 Å². The smallest absolute Gasteiger partial charge is 0.119 e. The maximum atomic E-state index is 9.76. The van der Waals surface area contributed by atoms with Gasteiger partial charge < -0.3 is 15.6 Å². The van der Waals surface area contributed by atoms with Crippen molar-refractivity contribution in [3.05, 3.63) is 28.2 Å². The van der Waals surface area contributed by atoms with Gasteiger partial charge in [-0.05, 0) is 36.7 Å². The van der Waals surface area contributed by atoms with E-state index in [1.54, 1.807) is 7.11 Å². The van der Waals surface area contributed by atoms with E-state index >= 15 is 0 Å². The predicted octanol–water partition coefficient (Wildman–Crippen LogP) is 1.84. The van der Waals surface area contributed by atoms with Crippen molar-refractivity contribution in [3.8, 4) is 5.75 Å². The van der Waals surface area contributed by atoms with Crippen molar-refractivity contribution in [1.29, 1.82) is 0 Å². The minimum absolute atomic E-state index is 0.463. The molecule has 1 aromatic rings. The van der Waals surface area contributed by atoms with Gasteiger partial charge in [0.2, 0.25) is 0 Å². The van der Waals surface area contributed by atoms with Gasteiger partial charge in [-0.3, -0.25) is 0 Å². The van der Waals surface area contributed by atoms with Crippen molar-refractivity contribution < 1.29 is 9.84 Å². The number of methoxy groups -OCH3 is 1. The van der Waals surface area contributed by atoms with Gasteiger partial charge in [-0.2, -0.15) is 0 Å². The number of hydrogen-bond acceptors (Lipinski definition) is 3. The largest absolute Gasteiger partial charge is 0.497 e. The first-order valence-electron chi connectivity index (χ1n) is 4.40. The topological polar surface area (TPSA) is 55.5 Å². The van der Waals surface area contributed by atoms with Gasteiger partial charge in [-0.1, -0.05) is 15.9 Å². The average molecular weight is 260 g/mol. The quantitative estimate of drug-likeness (QED) is 0.868. The van der Waals surface area contributed by atoms with E-state index in [4.69, 9.17) is 10.5 Å². The summed E-state index contributed by atoms with van der Waals surface area (Å²) < 4.78 is 5.95. The zero-order chi connectivity index (χ0) is 10.6. The van der Waals surface area contributed by atoms with Crippen molar-refractivity contribution >= 4 is 15.9 Å². The molecular weight excluding hydrogens is 246 g/mol. The molecule has 0 unspecified atom stereocenters. The standard InChI is InChI=1S/C10H14BrNO2/c1-14-7-2-3-9(11)8(6-7)10(13)4-5-12/h2-3,6,10,13H,4-5,12H2,1H3/t10-/m1/s1. The Balaban J connectivity index is 2.93. The lowest BCUT2D eigenvalue weighted by atomic mass is 10.1. The molecule has 3 N–H and O–H groups in total. The van der Waals surface area contributed by atoms with E-state index in [0.29, 0.717) is 13.0 Å². The van der Waals surface area contributed by atoms with Crippen LogP contribution in [0.5, 0.6) is 5.75 Å². The third-order valence-electron chi connectivity index (χ3n) is 2.00. The van der Waals surface area contributed by atoms with Crippen molar-refractivity contribution in [2.75, 3.05) is 13.7 Å². The Hall–Kier alpha value is -0.580. The van der Waals surface area contributed by atoms with Crippen molar-refractivity contribution in [2.45, 2.75) is 12.5 Å². The van der Waals surface area contributed by atoms with Crippen LogP contribution in [0.15, 0.2) is 22.7 Å². The van der Waals surface area contributed by atoms with Gasteiger partial charge >= 0.3 is 0 Å². The lowest BCUT2D eigenvalue weighted by Gasteiger charge is -2.12. The van der Waals surface area contributed by atoms with Gasteiger partial charge in [0.05, 0.1) is 13.2 Å². The Morgan fingerprint density at radius 3 is 2.86 bits per heavy atom. The number of rotatable bonds is 4. The molecule has 14 heavy (non-hydrogen) atoms. The second-order valence-corrected chi connectivity index (χ2v) is 3.83. The zero-order valence-corrected chi connectivity index (χ0v) is 9.62. The highest BCUT2D eigenvalue weighted by molar-refractivity contribution is 9.10. The number of aliphatic hydroxyl groups excluding tert-OH is 1. The molecule has 1 aromatic carbocycles. The summed E-state index contributed by atoms with van der Waals surface area (Å²) in [6, 6.07) is 5.50. The Bertz CT molecular complexity index is 304. The summed E-state index contributed by atoms with van der Waals surface area (Å²) in [6.45, 7) is 0.463. The maximum absolute atomic E-state index is 9.76. The third kappa shape index (κ3) is 2.70. The molecule has 0 aliphatic rings. The molecule has 0 aliphatic heterocycles. The van der Waals surface area contributed by atoms with Gasteiger partial charge in [0.1, 0.15) is 5.75 Å². The molecule has 0 saturated carbocycles. The molecule has 0 saturated heterocycles. The minimum Gasteiger partial charge on any atom is -0.497 e. The monoisotopic (exact) mass is 259 g/mol. The summed E-state index contributed by atoms with van der Waals surface area (Å²) in [5, 5.41) is 9.76. The Labute approximate surface area is 92.0 Å². The van der Waals surface area contributed by atoms with Crippen LogP contribution in [0.4, 0.5) is 0 Å². The summed E-state index contributed by atoms with van der Waals surface area (Å²) in [4.78, 5) is 0. The van der Waals surface area contributed by atoms with E-state index in [2.05, 4.69) is 15.9 Å². The normalized spacial score (nSPS) is 12.6. The molecule has 0 aliphatic carbocycles.